The highest BCUT2D eigenvalue weighted by atomic mass is 79.9. The highest BCUT2D eigenvalue weighted by molar-refractivity contribution is 9.10. The van der Waals surface area contributed by atoms with E-state index in [4.69, 9.17) is 4.74 Å². The number of nitrogens with one attached hydrogen (secondary N) is 1. The van der Waals surface area contributed by atoms with Crippen LogP contribution in [0.15, 0.2) is 71.2 Å². The van der Waals surface area contributed by atoms with Gasteiger partial charge in [0.2, 0.25) is 0 Å². The van der Waals surface area contributed by atoms with Gasteiger partial charge in [-0.15, -0.1) is 0 Å². The van der Waals surface area contributed by atoms with E-state index in [0.717, 1.165) is 38.2 Å². The summed E-state index contributed by atoms with van der Waals surface area (Å²) in [6.45, 7) is 2.63. The first-order valence-corrected chi connectivity index (χ1v) is 8.91. The van der Waals surface area contributed by atoms with Crippen molar-refractivity contribution in [1.29, 1.82) is 0 Å². The normalized spacial score (nSPS) is 11.0. The third-order valence-electron chi connectivity index (χ3n) is 4.08. The Labute approximate surface area is 154 Å². The number of halogens is 1. The molecule has 25 heavy (non-hydrogen) atoms. The summed E-state index contributed by atoms with van der Waals surface area (Å²) in [5.74, 6) is 1.72. The van der Waals surface area contributed by atoms with E-state index in [1.807, 2.05) is 42.5 Å². The average molecular weight is 393 g/mol. The molecule has 0 amide bonds. The third kappa shape index (κ3) is 3.59. The first-order chi connectivity index (χ1) is 12.2. The van der Waals surface area contributed by atoms with E-state index in [9.17, 15) is 0 Å². The number of hydrogen-bond acceptors (Lipinski definition) is 2. The summed E-state index contributed by atoms with van der Waals surface area (Å²) >= 11 is 3.44. The smallest absolute Gasteiger partial charge is 0.138 e. The highest BCUT2D eigenvalue weighted by Gasteiger charge is 2.06. The fourth-order valence-electron chi connectivity index (χ4n) is 2.72. The van der Waals surface area contributed by atoms with E-state index >= 15 is 0 Å². The second-order valence-corrected chi connectivity index (χ2v) is 6.96. The summed E-state index contributed by atoms with van der Waals surface area (Å²) in [5, 5.41) is 0. The lowest BCUT2D eigenvalue weighted by atomic mass is 10.2. The molecule has 4 aromatic rings. The number of fused-ring (bicyclic) bond motifs is 1. The van der Waals surface area contributed by atoms with Crippen LogP contribution in [0.5, 0.6) is 5.75 Å². The molecule has 0 fully saturated rings. The zero-order chi connectivity index (χ0) is 17.2. The van der Waals surface area contributed by atoms with Gasteiger partial charge in [-0.25, -0.2) is 4.98 Å². The number of nitrogens with zero attached hydrogens (tertiary/aromatic N) is 1. The molecule has 3 nitrogen and oxygen atoms in total. The summed E-state index contributed by atoms with van der Waals surface area (Å²) in [4.78, 5) is 8.03. The zero-order valence-electron chi connectivity index (χ0n) is 13.8. The lowest BCUT2D eigenvalue weighted by Crippen LogP contribution is -1.95. The maximum absolute atomic E-state index is 5.85. The number of aryl methyl sites for hydroxylation is 1. The Morgan fingerprint density at radius 1 is 0.960 bits per heavy atom. The van der Waals surface area contributed by atoms with E-state index in [1.54, 1.807) is 0 Å². The second kappa shape index (κ2) is 6.73. The van der Waals surface area contributed by atoms with E-state index in [-0.39, 0.29) is 0 Å². The van der Waals surface area contributed by atoms with E-state index in [0.29, 0.717) is 6.61 Å². The SMILES string of the molecule is Cc1ccc2nc(-c3ccc(OCc4ccc(Br)cc4)cc3)[nH]c2c1. The van der Waals surface area contributed by atoms with Crippen LogP contribution < -0.4 is 4.74 Å². The van der Waals surface area contributed by atoms with Crippen molar-refractivity contribution >= 4 is 27.0 Å². The number of aromatic nitrogens is 2. The van der Waals surface area contributed by atoms with Crippen LogP contribution in [-0.2, 0) is 6.61 Å². The van der Waals surface area contributed by atoms with E-state index in [2.05, 4.69) is 57.1 Å². The molecule has 4 heteroatoms. The molecule has 1 N–H and O–H groups in total. The van der Waals surface area contributed by atoms with Gasteiger partial charge in [-0.3, -0.25) is 0 Å². The van der Waals surface area contributed by atoms with Gasteiger partial charge >= 0.3 is 0 Å². The van der Waals surface area contributed by atoms with Gasteiger partial charge < -0.3 is 9.72 Å². The molecule has 0 saturated heterocycles. The van der Waals surface area contributed by atoms with Gasteiger partial charge in [0.15, 0.2) is 0 Å². The maximum Gasteiger partial charge on any atom is 0.138 e. The Morgan fingerprint density at radius 2 is 1.72 bits per heavy atom. The van der Waals surface area contributed by atoms with Crippen LogP contribution >= 0.6 is 15.9 Å². The number of hydrogen-bond donors (Lipinski definition) is 1. The number of imidazole rings is 1. The van der Waals surface area contributed by atoms with Crippen LogP contribution in [0.3, 0.4) is 0 Å². The maximum atomic E-state index is 5.85. The predicted molar refractivity (Wildman–Crippen MR) is 105 cm³/mol. The van der Waals surface area contributed by atoms with Crippen molar-refractivity contribution < 1.29 is 4.74 Å². The van der Waals surface area contributed by atoms with Gasteiger partial charge in [0.05, 0.1) is 11.0 Å². The minimum atomic E-state index is 0.552. The van der Waals surface area contributed by atoms with E-state index in [1.165, 1.54) is 5.56 Å². The predicted octanol–water partition coefficient (Wildman–Crippen LogP) is 5.88. The van der Waals surface area contributed by atoms with Crippen LogP contribution in [0.2, 0.25) is 0 Å². The monoisotopic (exact) mass is 392 g/mol. The Morgan fingerprint density at radius 3 is 2.48 bits per heavy atom. The first-order valence-electron chi connectivity index (χ1n) is 8.11. The van der Waals surface area contributed by atoms with Crippen molar-refractivity contribution in [2.75, 3.05) is 0 Å². The fraction of sp³-hybridized carbons (Fsp3) is 0.0952. The number of rotatable bonds is 4. The third-order valence-corrected chi connectivity index (χ3v) is 4.61. The second-order valence-electron chi connectivity index (χ2n) is 6.05. The van der Waals surface area contributed by atoms with Crippen LogP contribution in [0.1, 0.15) is 11.1 Å². The van der Waals surface area contributed by atoms with Crippen molar-refractivity contribution in [2.24, 2.45) is 0 Å². The quantitative estimate of drug-likeness (QED) is 0.470. The van der Waals surface area contributed by atoms with Gasteiger partial charge in [0, 0.05) is 10.0 Å². The lowest BCUT2D eigenvalue weighted by Gasteiger charge is -2.07. The lowest BCUT2D eigenvalue weighted by molar-refractivity contribution is 0.306. The number of aromatic amines is 1. The van der Waals surface area contributed by atoms with Gasteiger partial charge in [0.1, 0.15) is 18.2 Å². The van der Waals surface area contributed by atoms with Crippen molar-refractivity contribution in [1.82, 2.24) is 9.97 Å². The molecule has 0 spiro atoms. The summed E-state index contributed by atoms with van der Waals surface area (Å²) in [7, 11) is 0. The molecule has 124 valence electrons. The van der Waals surface area contributed by atoms with Crippen LogP contribution in [0, 0.1) is 6.92 Å². The molecule has 1 heterocycles. The van der Waals surface area contributed by atoms with Gasteiger partial charge in [-0.1, -0.05) is 34.1 Å². The van der Waals surface area contributed by atoms with Crippen molar-refractivity contribution in [3.63, 3.8) is 0 Å². The van der Waals surface area contributed by atoms with Crippen LogP contribution in [0.4, 0.5) is 0 Å². The molecule has 1 aromatic heterocycles. The molecule has 0 radical (unpaired) electrons. The number of ether oxygens (including phenoxy) is 1. The molecule has 0 unspecified atom stereocenters. The zero-order valence-corrected chi connectivity index (χ0v) is 15.4. The number of H-pyrrole nitrogens is 1. The van der Waals surface area contributed by atoms with Gasteiger partial charge in [-0.2, -0.15) is 0 Å². The molecule has 3 aromatic carbocycles. The number of benzene rings is 3. The Hall–Kier alpha value is -2.59. The Balaban J connectivity index is 1.49. The molecule has 0 saturated carbocycles. The van der Waals surface area contributed by atoms with Crippen molar-refractivity contribution in [3.8, 4) is 17.1 Å². The molecule has 0 aliphatic rings. The molecule has 0 atom stereocenters. The molecular formula is C21H17BrN2O. The summed E-state index contributed by atoms with van der Waals surface area (Å²) in [6, 6.07) is 22.4. The van der Waals surface area contributed by atoms with Crippen molar-refractivity contribution in [2.45, 2.75) is 13.5 Å². The Bertz CT molecular complexity index is 1000. The Kier molecular flexibility index (Phi) is 4.28. The fourth-order valence-corrected chi connectivity index (χ4v) is 2.98. The minimum absolute atomic E-state index is 0.552. The molecule has 0 bridgehead atoms. The largest absolute Gasteiger partial charge is 0.489 e. The summed E-state index contributed by atoms with van der Waals surface area (Å²) in [5.41, 5.74) is 5.45. The minimum Gasteiger partial charge on any atom is -0.489 e. The van der Waals surface area contributed by atoms with Gasteiger partial charge in [0.25, 0.3) is 0 Å². The van der Waals surface area contributed by atoms with Crippen LogP contribution in [-0.4, -0.2) is 9.97 Å². The molecule has 0 aliphatic heterocycles. The summed E-state index contributed by atoms with van der Waals surface area (Å²) < 4.78 is 6.92. The van der Waals surface area contributed by atoms with Gasteiger partial charge in [-0.05, 0) is 66.6 Å². The first kappa shape index (κ1) is 15.9. The standard InChI is InChI=1S/C21H17BrN2O/c1-14-2-11-19-20(12-14)24-21(23-19)16-5-9-18(10-6-16)25-13-15-3-7-17(22)8-4-15/h2-12H,13H2,1H3,(H,23,24). The molecule has 4 rings (SSSR count). The molecule has 0 aliphatic carbocycles. The summed E-state index contributed by atoms with van der Waals surface area (Å²) in [6.07, 6.45) is 0. The average Bonchev–Trinajstić information content (AvgIpc) is 3.05. The molecular weight excluding hydrogens is 376 g/mol. The topological polar surface area (TPSA) is 37.9 Å². The van der Waals surface area contributed by atoms with E-state index < -0.39 is 0 Å². The van der Waals surface area contributed by atoms with Crippen LogP contribution in [0.25, 0.3) is 22.4 Å². The highest BCUT2D eigenvalue weighted by Crippen LogP contribution is 2.24. The van der Waals surface area contributed by atoms with Crippen molar-refractivity contribution in [3.05, 3.63) is 82.3 Å².